The van der Waals surface area contributed by atoms with Crippen LogP contribution in [-0.2, 0) is 14.0 Å². The molecular formula is C27H56N2O4Si. The van der Waals surface area contributed by atoms with E-state index in [1.165, 1.54) is 0 Å². The highest BCUT2D eigenvalue weighted by atomic mass is 28.4. The fraction of sp³-hybridized carbons (Fsp3) is 0.926. The summed E-state index contributed by atoms with van der Waals surface area (Å²) in [6, 6.07) is -0.247. The molecule has 7 heteroatoms. The molecule has 0 aliphatic carbocycles. The summed E-state index contributed by atoms with van der Waals surface area (Å²) in [4.78, 5) is 26.0. The molecule has 0 aliphatic rings. The van der Waals surface area contributed by atoms with E-state index in [-0.39, 0.29) is 34.9 Å². The van der Waals surface area contributed by atoms with E-state index in [0.717, 1.165) is 6.42 Å². The highest BCUT2D eigenvalue weighted by molar-refractivity contribution is 6.74. The van der Waals surface area contributed by atoms with Crippen LogP contribution in [0.4, 0.5) is 4.79 Å². The summed E-state index contributed by atoms with van der Waals surface area (Å²) in [5, 5.41) is 6.24. The van der Waals surface area contributed by atoms with E-state index >= 15 is 0 Å². The third kappa shape index (κ3) is 12.6. The molecule has 0 rings (SSSR count). The van der Waals surface area contributed by atoms with Crippen molar-refractivity contribution >= 4 is 20.3 Å². The van der Waals surface area contributed by atoms with Crippen LogP contribution in [0.3, 0.4) is 0 Å². The van der Waals surface area contributed by atoms with E-state index in [1.54, 1.807) is 0 Å². The number of alkyl carbamates (subject to hydrolysis) is 1. The van der Waals surface area contributed by atoms with Crippen LogP contribution in [0, 0.1) is 23.7 Å². The Morgan fingerprint density at radius 2 is 1.38 bits per heavy atom. The van der Waals surface area contributed by atoms with Gasteiger partial charge in [0, 0.05) is 12.5 Å². The first kappa shape index (κ1) is 32.9. The monoisotopic (exact) mass is 500 g/mol. The topological polar surface area (TPSA) is 76.7 Å². The molecular weight excluding hydrogens is 444 g/mol. The molecule has 6 nitrogen and oxygen atoms in total. The Labute approximate surface area is 211 Å². The van der Waals surface area contributed by atoms with Crippen LogP contribution in [-0.4, -0.2) is 44.6 Å². The summed E-state index contributed by atoms with van der Waals surface area (Å²) in [6.45, 7) is 30.0. The molecule has 34 heavy (non-hydrogen) atoms. The van der Waals surface area contributed by atoms with Gasteiger partial charge in [-0.2, -0.15) is 0 Å². The normalized spacial score (nSPS) is 15.9. The van der Waals surface area contributed by atoms with Crippen molar-refractivity contribution in [2.24, 2.45) is 23.7 Å². The molecule has 0 radical (unpaired) electrons. The summed E-state index contributed by atoms with van der Waals surface area (Å²) in [5.74, 6) is 0.743. The molecule has 0 aromatic heterocycles. The van der Waals surface area contributed by atoms with Crippen molar-refractivity contribution in [2.45, 2.75) is 132 Å². The molecule has 0 aliphatic heterocycles. The number of hydrogen-bond acceptors (Lipinski definition) is 4. The van der Waals surface area contributed by atoms with Crippen LogP contribution in [0.5, 0.6) is 0 Å². The van der Waals surface area contributed by atoms with Gasteiger partial charge in [0.2, 0.25) is 5.91 Å². The van der Waals surface area contributed by atoms with Gasteiger partial charge in [0.25, 0.3) is 0 Å². The molecule has 0 fully saturated rings. The first-order chi connectivity index (χ1) is 15.2. The standard InChI is InChI=1S/C27H56N2O4Si/c1-18(2)15-22(29-25(31)32-26(7,8)9)23(33-34(13,14)27(10,11)12)16-21(20(5)6)24(30)28-17-19(3)4/h18-23H,15-17H2,1-14H3,(H,28,30)(H,29,31)/t21-,22-,23-/m0/s1. The van der Waals surface area contributed by atoms with Crippen molar-refractivity contribution in [3.63, 3.8) is 0 Å². The molecule has 2 amide bonds. The smallest absolute Gasteiger partial charge is 0.407 e. The predicted molar refractivity (Wildman–Crippen MR) is 145 cm³/mol. The minimum absolute atomic E-state index is 0.00672. The number of ether oxygens (including phenoxy) is 1. The zero-order valence-electron chi connectivity index (χ0n) is 24.7. The largest absolute Gasteiger partial charge is 0.444 e. The number of carbonyl (C=O) groups excluding carboxylic acids is 2. The third-order valence-electron chi connectivity index (χ3n) is 6.44. The molecule has 0 heterocycles. The van der Waals surface area contributed by atoms with Crippen LogP contribution in [0.15, 0.2) is 0 Å². The van der Waals surface area contributed by atoms with Gasteiger partial charge in [-0.3, -0.25) is 4.79 Å². The minimum Gasteiger partial charge on any atom is -0.444 e. The molecule has 202 valence electrons. The number of nitrogens with one attached hydrogen (secondary N) is 2. The maximum absolute atomic E-state index is 13.2. The van der Waals surface area contributed by atoms with Gasteiger partial charge in [0.15, 0.2) is 8.32 Å². The second kappa shape index (κ2) is 13.3. The Morgan fingerprint density at radius 3 is 1.76 bits per heavy atom. The fourth-order valence-corrected chi connectivity index (χ4v) is 4.86. The number of carbonyl (C=O) groups is 2. The highest BCUT2D eigenvalue weighted by Gasteiger charge is 2.42. The summed E-state index contributed by atoms with van der Waals surface area (Å²) < 4.78 is 12.5. The van der Waals surface area contributed by atoms with Crippen molar-refractivity contribution in [3.8, 4) is 0 Å². The minimum atomic E-state index is -2.18. The molecule has 0 saturated carbocycles. The lowest BCUT2D eigenvalue weighted by Gasteiger charge is -2.43. The second-order valence-corrected chi connectivity index (χ2v) is 18.3. The van der Waals surface area contributed by atoms with E-state index in [9.17, 15) is 9.59 Å². The van der Waals surface area contributed by atoms with Gasteiger partial charge in [-0.15, -0.1) is 0 Å². The van der Waals surface area contributed by atoms with Crippen molar-refractivity contribution in [1.82, 2.24) is 10.6 Å². The van der Waals surface area contributed by atoms with Crippen LogP contribution >= 0.6 is 0 Å². The van der Waals surface area contributed by atoms with Crippen molar-refractivity contribution in [2.75, 3.05) is 6.54 Å². The van der Waals surface area contributed by atoms with E-state index in [0.29, 0.717) is 24.8 Å². The lowest BCUT2D eigenvalue weighted by molar-refractivity contribution is -0.127. The van der Waals surface area contributed by atoms with Crippen molar-refractivity contribution < 1.29 is 18.8 Å². The fourth-order valence-electron chi connectivity index (χ4n) is 3.49. The third-order valence-corrected chi connectivity index (χ3v) is 10.9. The molecule has 0 saturated heterocycles. The summed E-state index contributed by atoms with van der Waals surface area (Å²) in [6.07, 6.45) is 0.582. The van der Waals surface area contributed by atoms with E-state index in [4.69, 9.17) is 9.16 Å². The average molecular weight is 501 g/mol. The van der Waals surface area contributed by atoms with Crippen LogP contribution in [0.2, 0.25) is 18.1 Å². The summed E-state index contributed by atoms with van der Waals surface area (Å²) in [7, 11) is -2.18. The number of amides is 2. The highest BCUT2D eigenvalue weighted by Crippen LogP contribution is 2.39. The van der Waals surface area contributed by atoms with E-state index < -0.39 is 20.0 Å². The van der Waals surface area contributed by atoms with Crippen molar-refractivity contribution in [1.29, 1.82) is 0 Å². The predicted octanol–water partition coefficient (Wildman–Crippen LogP) is 6.75. The number of hydrogen-bond donors (Lipinski definition) is 2. The van der Waals surface area contributed by atoms with Crippen LogP contribution in [0.25, 0.3) is 0 Å². The zero-order chi connectivity index (χ0) is 27.1. The molecule has 0 unspecified atom stereocenters. The van der Waals surface area contributed by atoms with Gasteiger partial charge in [0.1, 0.15) is 5.60 Å². The lowest BCUT2D eigenvalue weighted by Crippen LogP contribution is -2.54. The summed E-state index contributed by atoms with van der Waals surface area (Å²) >= 11 is 0. The molecule has 0 aromatic carbocycles. The quantitative estimate of drug-likeness (QED) is 0.291. The lowest BCUT2D eigenvalue weighted by atomic mass is 9.85. The Hall–Kier alpha value is -1.08. The van der Waals surface area contributed by atoms with Gasteiger partial charge in [-0.05, 0) is 69.5 Å². The summed E-state index contributed by atoms with van der Waals surface area (Å²) in [5.41, 5.74) is -0.584. The Morgan fingerprint density at radius 1 is 0.853 bits per heavy atom. The zero-order valence-corrected chi connectivity index (χ0v) is 25.7. The van der Waals surface area contributed by atoms with E-state index in [2.05, 4.69) is 86.0 Å². The maximum Gasteiger partial charge on any atom is 0.407 e. The number of rotatable bonds is 12. The maximum atomic E-state index is 13.2. The van der Waals surface area contributed by atoms with E-state index in [1.807, 2.05) is 20.8 Å². The molecule has 2 N–H and O–H groups in total. The SMILES string of the molecule is CC(C)CNC(=O)[C@@H](C[C@H](O[Si](C)(C)C(C)(C)C)[C@H](CC(C)C)NC(=O)OC(C)(C)C)C(C)C. The Bertz CT molecular complexity index is 634. The first-order valence-corrected chi connectivity index (χ1v) is 16.0. The average Bonchev–Trinajstić information content (AvgIpc) is 2.59. The second-order valence-electron chi connectivity index (χ2n) is 13.5. The van der Waals surface area contributed by atoms with Crippen molar-refractivity contribution in [3.05, 3.63) is 0 Å². The van der Waals surface area contributed by atoms with Gasteiger partial charge in [0.05, 0.1) is 12.1 Å². The first-order valence-electron chi connectivity index (χ1n) is 13.1. The molecule has 0 spiro atoms. The van der Waals surface area contributed by atoms with Crippen LogP contribution in [0.1, 0.15) is 95.9 Å². The molecule has 0 aromatic rings. The van der Waals surface area contributed by atoms with Gasteiger partial charge >= 0.3 is 6.09 Å². The Balaban J connectivity index is 6.14. The van der Waals surface area contributed by atoms with Gasteiger partial charge in [-0.1, -0.05) is 62.3 Å². The molecule has 0 bridgehead atoms. The van der Waals surface area contributed by atoms with Gasteiger partial charge in [-0.25, -0.2) is 4.79 Å². The Kier molecular flexibility index (Phi) is 12.9. The van der Waals surface area contributed by atoms with Gasteiger partial charge < -0.3 is 19.8 Å². The molecule has 3 atom stereocenters. The van der Waals surface area contributed by atoms with Crippen LogP contribution < -0.4 is 10.6 Å².